The average Bonchev–Trinajstić information content (AvgIpc) is 2.76. The molecule has 0 aliphatic rings. The minimum absolute atomic E-state index is 0.0307. The molecule has 21 heavy (non-hydrogen) atoms. The van der Waals surface area contributed by atoms with Gasteiger partial charge >= 0.3 is 0 Å². The van der Waals surface area contributed by atoms with E-state index in [0.29, 0.717) is 12.1 Å². The summed E-state index contributed by atoms with van der Waals surface area (Å²) in [6, 6.07) is 1.61. The highest BCUT2D eigenvalue weighted by Crippen LogP contribution is 2.25. The third-order valence-electron chi connectivity index (χ3n) is 3.31. The number of nitrogens with one attached hydrogen (secondary N) is 1. The smallest absolute Gasteiger partial charge is 0.247 e. The second-order valence-electron chi connectivity index (χ2n) is 6.61. The predicted molar refractivity (Wildman–Crippen MR) is 82.0 cm³/mol. The zero-order chi connectivity index (χ0) is 16.5. The van der Waals surface area contributed by atoms with Gasteiger partial charge < -0.3 is 4.52 Å². The van der Waals surface area contributed by atoms with Crippen LogP contribution in [0.2, 0.25) is 0 Å². The first kappa shape index (κ1) is 17.7. The van der Waals surface area contributed by atoms with Crippen LogP contribution in [-0.2, 0) is 20.0 Å². The Bertz CT molecular complexity index is 609. The van der Waals surface area contributed by atoms with Crippen LogP contribution >= 0.6 is 0 Å². The van der Waals surface area contributed by atoms with Crippen LogP contribution in [0.25, 0.3) is 0 Å². The summed E-state index contributed by atoms with van der Waals surface area (Å²) in [5.74, 6) is -0.492. The predicted octanol–water partition coefficient (Wildman–Crippen LogP) is 2.51. The van der Waals surface area contributed by atoms with E-state index in [2.05, 4.69) is 10.5 Å². The van der Waals surface area contributed by atoms with Crippen molar-refractivity contribution in [2.45, 2.75) is 58.1 Å². The van der Waals surface area contributed by atoms with Crippen molar-refractivity contribution < 1.29 is 17.7 Å². The van der Waals surface area contributed by atoms with E-state index >= 15 is 0 Å². The van der Waals surface area contributed by atoms with Crippen molar-refractivity contribution in [3.63, 3.8) is 0 Å². The largest absolute Gasteiger partial charge is 0.338 e. The fraction of sp³-hybridized carbons (Fsp3) is 0.714. The summed E-state index contributed by atoms with van der Waals surface area (Å²) in [5.41, 5.74) is 0.475. The molecule has 1 heterocycles. The number of anilines is 1. The standard InChI is InChI=1S/C14H24N2O4S/c1-7-8-21(18,19)14(5,6)12(17)15-11-9-10(16-20-11)13(2,3)4/h9H,7-8H2,1-6H3,(H,15,17). The van der Waals surface area contributed by atoms with Crippen LogP contribution in [0.15, 0.2) is 10.6 Å². The van der Waals surface area contributed by atoms with E-state index < -0.39 is 20.5 Å². The maximum absolute atomic E-state index is 12.2. The van der Waals surface area contributed by atoms with Crippen molar-refractivity contribution >= 4 is 21.6 Å². The molecule has 1 rings (SSSR count). The minimum Gasteiger partial charge on any atom is -0.338 e. The molecule has 0 saturated heterocycles. The van der Waals surface area contributed by atoms with E-state index in [1.54, 1.807) is 13.0 Å². The molecule has 0 fully saturated rings. The Morgan fingerprint density at radius 2 is 1.86 bits per heavy atom. The van der Waals surface area contributed by atoms with Crippen molar-refractivity contribution in [3.8, 4) is 0 Å². The van der Waals surface area contributed by atoms with Gasteiger partial charge in [-0.1, -0.05) is 32.9 Å². The van der Waals surface area contributed by atoms with Crippen LogP contribution in [-0.4, -0.2) is 30.0 Å². The van der Waals surface area contributed by atoms with Gasteiger partial charge in [0.1, 0.15) is 4.75 Å². The lowest BCUT2D eigenvalue weighted by molar-refractivity contribution is -0.118. The van der Waals surface area contributed by atoms with Gasteiger partial charge in [0.2, 0.25) is 11.8 Å². The van der Waals surface area contributed by atoms with Crippen molar-refractivity contribution in [2.24, 2.45) is 0 Å². The van der Waals surface area contributed by atoms with Crippen LogP contribution < -0.4 is 5.32 Å². The molecule has 0 radical (unpaired) electrons. The molecule has 1 amide bonds. The molecule has 7 heteroatoms. The first-order valence-electron chi connectivity index (χ1n) is 6.93. The Hall–Kier alpha value is -1.37. The van der Waals surface area contributed by atoms with E-state index in [1.165, 1.54) is 13.8 Å². The Labute approximate surface area is 126 Å². The number of sulfone groups is 1. The van der Waals surface area contributed by atoms with Gasteiger partial charge in [-0.05, 0) is 20.3 Å². The molecule has 120 valence electrons. The van der Waals surface area contributed by atoms with E-state index in [9.17, 15) is 13.2 Å². The lowest BCUT2D eigenvalue weighted by Crippen LogP contribution is -2.45. The lowest BCUT2D eigenvalue weighted by Gasteiger charge is -2.22. The van der Waals surface area contributed by atoms with Crippen LogP contribution in [0, 0.1) is 0 Å². The molecule has 6 nitrogen and oxygen atoms in total. The van der Waals surface area contributed by atoms with Gasteiger partial charge in [-0.15, -0.1) is 0 Å². The normalized spacial score (nSPS) is 13.2. The van der Waals surface area contributed by atoms with Gasteiger partial charge in [0.25, 0.3) is 0 Å². The third-order valence-corrected chi connectivity index (χ3v) is 6.00. The fourth-order valence-electron chi connectivity index (χ4n) is 1.62. The Kier molecular flexibility index (Phi) is 4.87. The topological polar surface area (TPSA) is 89.3 Å². The Morgan fingerprint density at radius 3 is 2.29 bits per heavy atom. The number of carbonyl (C=O) groups is 1. The van der Waals surface area contributed by atoms with Crippen molar-refractivity contribution in [1.82, 2.24) is 5.16 Å². The molecule has 0 saturated carbocycles. The molecule has 0 aliphatic heterocycles. The van der Waals surface area contributed by atoms with Gasteiger partial charge in [0.15, 0.2) is 9.84 Å². The van der Waals surface area contributed by atoms with Crippen LogP contribution in [0.4, 0.5) is 5.88 Å². The van der Waals surface area contributed by atoms with Gasteiger partial charge in [-0.3, -0.25) is 10.1 Å². The summed E-state index contributed by atoms with van der Waals surface area (Å²) in [6.07, 6.45) is 0.468. The molecular weight excluding hydrogens is 292 g/mol. The highest BCUT2D eigenvalue weighted by atomic mass is 32.2. The summed E-state index contributed by atoms with van der Waals surface area (Å²) in [5, 5.41) is 6.37. The second-order valence-corrected chi connectivity index (χ2v) is 9.27. The van der Waals surface area contributed by atoms with Gasteiger partial charge in [-0.2, -0.15) is 0 Å². The molecule has 1 N–H and O–H groups in total. The molecule has 0 bridgehead atoms. The highest BCUT2D eigenvalue weighted by molar-refractivity contribution is 7.93. The van der Waals surface area contributed by atoms with Gasteiger partial charge in [-0.25, -0.2) is 8.42 Å². The van der Waals surface area contributed by atoms with Crippen LogP contribution in [0.5, 0.6) is 0 Å². The first-order valence-corrected chi connectivity index (χ1v) is 8.58. The number of amides is 1. The van der Waals surface area contributed by atoms with Gasteiger partial charge in [0.05, 0.1) is 11.4 Å². The van der Waals surface area contributed by atoms with Crippen molar-refractivity contribution in [3.05, 3.63) is 11.8 Å². The zero-order valence-electron chi connectivity index (χ0n) is 13.5. The minimum atomic E-state index is -3.52. The third kappa shape index (κ3) is 3.84. The van der Waals surface area contributed by atoms with Crippen molar-refractivity contribution in [1.29, 1.82) is 0 Å². The van der Waals surface area contributed by atoms with E-state index in [4.69, 9.17) is 4.52 Å². The first-order chi connectivity index (χ1) is 9.41. The maximum Gasteiger partial charge on any atom is 0.247 e. The summed E-state index contributed by atoms with van der Waals surface area (Å²) in [4.78, 5) is 12.2. The SMILES string of the molecule is CCCS(=O)(=O)C(C)(C)C(=O)Nc1cc(C(C)(C)C)no1. The van der Waals surface area contributed by atoms with Crippen LogP contribution in [0.3, 0.4) is 0 Å². The monoisotopic (exact) mass is 316 g/mol. The molecule has 0 aromatic carbocycles. The summed E-state index contributed by atoms with van der Waals surface area (Å²) in [6.45, 7) is 10.4. The number of carbonyl (C=O) groups excluding carboxylic acids is 1. The summed E-state index contributed by atoms with van der Waals surface area (Å²) >= 11 is 0. The summed E-state index contributed by atoms with van der Waals surface area (Å²) in [7, 11) is -3.52. The van der Waals surface area contributed by atoms with E-state index in [-0.39, 0.29) is 17.1 Å². The zero-order valence-corrected chi connectivity index (χ0v) is 14.3. The fourth-order valence-corrected chi connectivity index (χ4v) is 3.00. The number of hydrogen-bond acceptors (Lipinski definition) is 5. The van der Waals surface area contributed by atoms with Crippen LogP contribution in [0.1, 0.15) is 53.7 Å². The maximum atomic E-state index is 12.2. The van der Waals surface area contributed by atoms with E-state index in [0.717, 1.165) is 0 Å². The van der Waals surface area contributed by atoms with Gasteiger partial charge in [0, 0.05) is 11.5 Å². The number of aromatic nitrogens is 1. The highest BCUT2D eigenvalue weighted by Gasteiger charge is 2.41. The molecule has 0 unspecified atom stereocenters. The Morgan fingerprint density at radius 1 is 1.29 bits per heavy atom. The average molecular weight is 316 g/mol. The Balaban J connectivity index is 2.93. The van der Waals surface area contributed by atoms with Crippen molar-refractivity contribution in [2.75, 3.05) is 11.1 Å². The molecular formula is C14H24N2O4S. The quantitative estimate of drug-likeness (QED) is 0.901. The molecule has 0 atom stereocenters. The lowest BCUT2D eigenvalue weighted by atomic mass is 9.92. The number of hydrogen-bond donors (Lipinski definition) is 1. The molecule has 1 aromatic rings. The molecule has 1 aromatic heterocycles. The summed E-state index contributed by atoms with van der Waals surface area (Å²) < 4.78 is 27.8. The second kappa shape index (κ2) is 5.79. The molecule has 0 spiro atoms. The number of nitrogens with zero attached hydrogens (tertiary/aromatic N) is 1. The molecule has 0 aliphatic carbocycles. The number of rotatable bonds is 5. The van der Waals surface area contributed by atoms with E-state index in [1.807, 2.05) is 20.8 Å².